The fraction of sp³-hybridized carbons (Fsp3) is 0.700. The van der Waals surface area contributed by atoms with Crippen LogP contribution >= 0.6 is 0 Å². The van der Waals surface area contributed by atoms with Crippen molar-refractivity contribution < 1.29 is 0 Å². The highest BCUT2D eigenvalue weighted by molar-refractivity contribution is 6.00. The standard InChI is InChI=1S/C20H26N6/c1-3-25-9-6-19(7-10-25)17-12-26(4-2)8-5-15(17)16(11-21)18(24)20(19,13-22)14-23/h5,16-17,24H,3-4,6-10,12H2,1-2H3/t16-,17-/m1/s1. The number of nitrogens with zero attached hydrogens (tertiary/aromatic N) is 5. The largest absolute Gasteiger partial charge is 0.305 e. The minimum Gasteiger partial charge on any atom is -0.305 e. The number of nitrogens with one attached hydrogen (secondary N) is 1. The average molecular weight is 350 g/mol. The molecule has 2 atom stereocenters. The number of likely N-dealkylation sites (tertiary alicyclic amines) is 1. The van der Waals surface area contributed by atoms with Crippen molar-refractivity contribution in [2.75, 3.05) is 39.3 Å². The lowest BCUT2D eigenvalue weighted by Crippen LogP contribution is -2.63. The first-order valence-corrected chi connectivity index (χ1v) is 9.49. The van der Waals surface area contributed by atoms with E-state index in [9.17, 15) is 15.8 Å². The molecule has 1 spiro atoms. The Balaban J connectivity index is 2.17. The van der Waals surface area contributed by atoms with E-state index in [0.717, 1.165) is 57.7 Å². The third kappa shape index (κ3) is 2.32. The summed E-state index contributed by atoms with van der Waals surface area (Å²) in [6, 6.07) is 6.71. The molecule has 136 valence electrons. The molecule has 2 fully saturated rings. The minimum absolute atomic E-state index is 0.00222. The van der Waals surface area contributed by atoms with Crippen LogP contribution in [-0.4, -0.2) is 54.8 Å². The van der Waals surface area contributed by atoms with E-state index < -0.39 is 16.7 Å². The fourth-order valence-corrected chi connectivity index (χ4v) is 5.30. The van der Waals surface area contributed by atoms with E-state index in [1.54, 1.807) is 0 Å². The summed E-state index contributed by atoms with van der Waals surface area (Å²) >= 11 is 0. The number of fused-ring (bicyclic) bond motifs is 2. The molecule has 6 nitrogen and oxygen atoms in total. The lowest BCUT2D eigenvalue weighted by molar-refractivity contribution is -0.00372. The normalized spacial score (nSPS) is 30.6. The van der Waals surface area contributed by atoms with Gasteiger partial charge in [0.25, 0.3) is 0 Å². The lowest BCUT2D eigenvalue weighted by atomic mass is 9.44. The molecule has 0 bridgehead atoms. The van der Waals surface area contributed by atoms with Crippen LogP contribution in [0.15, 0.2) is 11.6 Å². The molecule has 0 aromatic rings. The predicted molar refractivity (Wildman–Crippen MR) is 98.0 cm³/mol. The van der Waals surface area contributed by atoms with Gasteiger partial charge in [-0.1, -0.05) is 19.9 Å². The zero-order chi connectivity index (χ0) is 18.9. The van der Waals surface area contributed by atoms with Crippen LogP contribution in [0.25, 0.3) is 0 Å². The third-order valence-electron chi connectivity index (χ3n) is 6.98. The Morgan fingerprint density at radius 1 is 1.12 bits per heavy atom. The topological polar surface area (TPSA) is 102 Å². The summed E-state index contributed by atoms with van der Waals surface area (Å²) in [4.78, 5) is 4.65. The molecule has 26 heavy (non-hydrogen) atoms. The van der Waals surface area contributed by atoms with Crippen molar-refractivity contribution in [1.82, 2.24) is 9.80 Å². The van der Waals surface area contributed by atoms with Crippen LogP contribution in [0.3, 0.4) is 0 Å². The Hall–Kier alpha value is -2.20. The Kier molecular flexibility index (Phi) is 4.89. The Morgan fingerprint density at radius 3 is 2.23 bits per heavy atom. The highest BCUT2D eigenvalue weighted by Crippen LogP contribution is 2.61. The molecule has 0 aromatic carbocycles. The van der Waals surface area contributed by atoms with E-state index in [0.29, 0.717) is 0 Å². The smallest absolute Gasteiger partial charge is 0.188 e. The molecule has 2 heterocycles. The van der Waals surface area contributed by atoms with Gasteiger partial charge in [-0.2, -0.15) is 15.8 Å². The lowest BCUT2D eigenvalue weighted by Gasteiger charge is -2.58. The third-order valence-corrected chi connectivity index (χ3v) is 6.98. The van der Waals surface area contributed by atoms with Crippen molar-refractivity contribution in [1.29, 1.82) is 21.2 Å². The quantitative estimate of drug-likeness (QED) is 0.769. The fourth-order valence-electron chi connectivity index (χ4n) is 5.30. The van der Waals surface area contributed by atoms with E-state index in [-0.39, 0.29) is 11.6 Å². The molecule has 0 aromatic heterocycles. The molecule has 0 unspecified atom stereocenters. The molecule has 0 amide bonds. The summed E-state index contributed by atoms with van der Waals surface area (Å²) in [6.45, 7) is 9.30. The van der Waals surface area contributed by atoms with Gasteiger partial charge in [-0.15, -0.1) is 0 Å². The van der Waals surface area contributed by atoms with Crippen molar-refractivity contribution in [2.24, 2.45) is 22.7 Å². The number of nitriles is 3. The molecule has 1 saturated carbocycles. The van der Waals surface area contributed by atoms with Gasteiger partial charge in [0, 0.05) is 24.4 Å². The molecule has 1 N–H and O–H groups in total. The molecule has 1 saturated heterocycles. The second-order valence-electron chi connectivity index (χ2n) is 7.65. The molecular weight excluding hydrogens is 324 g/mol. The first kappa shape index (κ1) is 18.6. The minimum atomic E-state index is -1.51. The van der Waals surface area contributed by atoms with Crippen molar-refractivity contribution in [3.8, 4) is 18.2 Å². The summed E-state index contributed by atoms with van der Waals surface area (Å²) in [5.41, 5.74) is -1.10. The van der Waals surface area contributed by atoms with E-state index >= 15 is 0 Å². The van der Waals surface area contributed by atoms with Crippen LogP contribution < -0.4 is 0 Å². The Bertz CT molecular complexity index is 724. The van der Waals surface area contributed by atoms with Crippen LogP contribution in [0, 0.1) is 62.1 Å². The number of piperidine rings is 1. The monoisotopic (exact) mass is 350 g/mol. The van der Waals surface area contributed by atoms with Gasteiger partial charge >= 0.3 is 0 Å². The van der Waals surface area contributed by atoms with Crippen LogP contribution in [0.4, 0.5) is 0 Å². The van der Waals surface area contributed by atoms with Gasteiger partial charge in [-0.3, -0.25) is 4.90 Å². The molecular formula is C20H26N6. The first-order chi connectivity index (χ1) is 12.5. The van der Waals surface area contributed by atoms with E-state index in [4.69, 9.17) is 5.41 Å². The zero-order valence-electron chi connectivity index (χ0n) is 15.6. The molecule has 3 rings (SSSR count). The average Bonchev–Trinajstić information content (AvgIpc) is 2.70. The highest BCUT2D eigenvalue weighted by atomic mass is 15.1. The van der Waals surface area contributed by atoms with E-state index in [2.05, 4.69) is 47.9 Å². The van der Waals surface area contributed by atoms with Crippen molar-refractivity contribution in [3.05, 3.63) is 11.6 Å². The second-order valence-corrected chi connectivity index (χ2v) is 7.65. The molecule has 6 heteroatoms. The van der Waals surface area contributed by atoms with Crippen LogP contribution in [0.1, 0.15) is 26.7 Å². The van der Waals surface area contributed by atoms with Gasteiger partial charge in [0.15, 0.2) is 5.41 Å². The zero-order valence-corrected chi connectivity index (χ0v) is 15.6. The van der Waals surface area contributed by atoms with Crippen molar-refractivity contribution >= 4 is 5.71 Å². The summed E-state index contributed by atoms with van der Waals surface area (Å²) in [6.07, 6.45) is 3.54. The second kappa shape index (κ2) is 6.84. The highest BCUT2D eigenvalue weighted by Gasteiger charge is 2.66. The summed E-state index contributed by atoms with van der Waals surface area (Å²) in [7, 11) is 0. The van der Waals surface area contributed by atoms with Gasteiger partial charge in [-0.05, 0) is 44.6 Å². The van der Waals surface area contributed by atoms with Gasteiger partial charge in [-0.25, -0.2) is 0 Å². The van der Waals surface area contributed by atoms with Gasteiger partial charge < -0.3 is 10.3 Å². The summed E-state index contributed by atoms with van der Waals surface area (Å²) in [5, 5.41) is 38.7. The van der Waals surface area contributed by atoms with E-state index in [1.807, 2.05) is 0 Å². The van der Waals surface area contributed by atoms with Crippen LogP contribution in [0.2, 0.25) is 0 Å². The Labute approximate surface area is 155 Å². The van der Waals surface area contributed by atoms with Crippen LogP contribution in [-0.2, 0) is 0 Å². The van der Waals surface area contributed by atoms with E-state index in [1.165, 1.54) is 0 Å². The van der Waals surface area contributed by atoms with Crippen molar-refractivity contribution in [3.63, 3.8) is 0 Å². The number of rotatable bonds is 2. The first-order valence-electron chi connectivity index (χ1n) is 9.49. The number of hydrogen-bond donors (Lipinski definition) is 1. The van der Waals surface area contributed by atoms with Gasteiger partial charge in [0.1, 0.15) is 5.92 Å². The summed E-state index contributed by atoms with van der Waals surface area (Å²) < 4.78 is 0. The SMILES string of the molecule is CCN1CCC2(CC1)[C@@H]1CN(CC)CC=C1[C@@H](C#N)C(=N)C2(C#N)C#N. The maximum atomic E-state index is 10.1. The molecule has 3 aliphatic rings. The Morgan fingerprint density at radius 2 is 1.73 bits per heavy atom. The molecule has 2 aliphatic heterocycles. The van der Waals surface area contributed by atoms with Gasteiger partial charge in [0.2, 0.25) is 0 Å². The maximum absolute atomic E-state index is 10.1. The van der Waals surface area contributed by atoms with Crippen molar-refractivity contribution in [2.45, 2.75) is 26.7 Å². The maximum Gasteiger partial charge on any atom is 0.188 e. The number of likely N-dealkylation sites (N-methyl/N-ethyl adjacent to an activating group) is 1. The summed E-state index contributed by atoms with van der Waals surface area (Å²) in [5.74, 6) is -0.749. The van der Waals surface area contributed by atoms with Crippen LogP contribution in [0.5, 0.6) is 0 Å². The predicted octanol–water partition coefficient (Wildman–Crippen LogP) is 2.17. The number of hydrogen-bond acceptors (Lipinski definition) is 6. The molecule has 1 aliphatic carbocycles. The molecule has 0 radical (unpaired) electrons. The van der Waals surface area contributed by atoms with Gasteiger partial charge in [0.05, 0.1) is 23.9 Å².